The number of benzene rings is 1. The number of carbonyl (C=O) groups is 1. The van der Waals surface area contributed by atoms with E-state index in [-0.39, 0.29) is 5.91 Å². The Bertz CT molecular complexity index is 579. The summed E-state index contributed by atoms with van der Waals surface area (Å²) in [4.78, 5) is 12.0. The van der Waals surface area contributed by atoms with E-state index >= 15 is 0 Å². The van der Waals surface area contributed by atoms with Crippen LogP contribution in [-0.2, 0) is 0 Å². The zero-order valence-electron chi connectivity index (χ0n) is 9.85. The van der Waals surface area contributed by atoms with Gasteiger partial charge < -0.3 is 11.1 Å². The Balaban J connectivity index is 2.50. The topological polar surface area (TPSA) is 72.9 Å². The average molecular weight is 309 g/mol. The summed E-state index contributed by atoms with van der Waals surface area (Å²) >= 11 is 3.33. The van der Waals surface area contributed by atoms with Crippen LogP contribution in [0.2, 0.25) is 0 Å². The van der Waals surface area contributed by atoms with Crippen LogP contribution in [0.1, 0.15) is 17.3 Å². The first-order valence-electron chi connectivity index (χ1n) is 5.50. The number of hydrogen-bond acceptors (Lipinski definition) is 3. The normalized spacial score (nSPS) is 10.3. The molecule has 94 valence electrons. The lowest BCUT2D eigenvalue weighted by Gasteiger charge is -2.10. The Labute approximate surface area is 113 Å². The molecule has 1 aromatic carbocycles. The fraction of sp³-hybridized carbons (Fsp3) is 0.167. The third-order valence-corrected chi connectivity index (χ3v) is 2.81. The van der Waals surface area contributed by atoms with Gasteiger partial charge in [0.2, 0.25) is 0 Å². The number of nitrogen functional groups attached to an aromatic ring is 1. The quantitative estimate of drug-likeness (QED) is 0.851. The van der Waals surface area contributed by atoms with E-state index in [1.165, 1.54) is 0 Å². The van der Waals surface area contributed by atoms with Crippen molar-refractivity contribution in [1.29, 1.82) is 0 Å². The lowest BCUT2D eigenvalue weighted by Crippen LogP contribution is -2.24. The highest BCUT2D eigenvalue weighted by Crippen LogP contribution is 2.19. The first-order chi connectivity index (χ1) is 8.61. The van der Waals surface area contributed by atoms with Crippen LogP contribution in [0.3, 0.4) is 0 Å². The van der Waals surface area contributed by atoms with Gasteiger partial charge in [0.25, 0.3) is 5.91 Å². The summed E-state index contributed by atoms with van der Waals surface area (Å²) in [7, 11) is 0. The SMILES string of the molecule is CCNC(=O)c1ccc(N)cc1-n1cc(Br)cn1. The fourth-order valence-corrected chi connectivity index (χ4v) is 1.90. The van der Waals surface area contributed by atoms with Crippen LogP contribution in [0, 0.1) is 0 Å². The first-order valence-corrected chi connectivity index (χ1v) is 6.29. The van der Waals surface area contributed by atoms with E-state index < -0.39 is 0 Å². The molecule has 2 rings (SSSR count). The van der Waals surface area contributed by atoms with Gasteiger partial charge in [0.15, 0.2) is 0 Å². The minimum atomic E-state index is -0.140. The Morgan fingerprint density at radius 3 is 2.94 bits per heavy atom. The van der Waals surface area contributed by atoms with Crippen molar-refractivity contribution >= 4 is 27.5 Å². The van der Waals surface area contributed by atoms with Crippen molar-refractivity contribution in [3.8, 4) is 5.69 Å². The number of carbonyl (C=O) groups excluding carboxylic acids is 1. The molecule has 0 atom stereocenters. The summed E-state index contributed by atoms with van der Waals surface area (Å²) in [6.07, 6.45) is 3.43. The zero-order chi connectivity index (χ0) is 13.1. The van der Waals surface area contributed by atoms with Gasteiger partial charge in [-0.1, -0.05) is 0 Å². The Kier molecular flexibility index (Phi) is 3.66. The number of rotatable bonds is 3. The molecule has 0 aliphatic heterocycles. The van der Waals surface area contributed by atoms with Crippen molar-refractivity contribution in [2.75, 3.05) is 12.3 Å². The smallest absolute Gasteiger partial charge is 0.253 e. The zero-order valence-corrected chi connectivity index (χ0v) is 11.4. The second kappa shape index (κ2) is 5.22. The number of amides is 1. The van der Waals surface area contributed by atoms with Crippen molar-refractivity contribution in [3.63, 3.8) is 0 Å². The van der Waals surface area contributed by atoms with Crippen molar-refractivity contribution < 1.29 is 4.79 Å². The van der Waals surface area contributed by atoms with Gasteiger partial charge in [-0.2, -0.15) is 5.10 Å². The van der Waals surface area contributed by atoms with Crippen molar-refractivity contribution in [2.45, 2.75) is 6.92 Å². The predicted molar refractivity (Wildman–Crippen MR) is 73.7 cm³/mol. The predicted octanol–water partition coefficient (Wildman–Crippen LogP) is 1.97. The van der Waals surface area contributed by atoms with E-state index in [4.69, 9.17) is 5.73 Å². The molecule has 1 heterocycles. The number of halogens is 1. The second-order valence-electron chi connectivity index (χ2n) is 3.74. The molecule has 0 saturated carbocycles. The van der Waals surface area contributed by atoms with Gasteiger partial charge in [-0.15, -0.1) is 0 Å². The molecule has 0 aliphatic carbocycles. The van der Waals surface area contributed by atoms with E-state index in [0.717, 1.165) is 4.47 Å². The summed E-state index contributed by atoms with van der Waals surface area (Å²) in [6.45, 7) is 2.45. The molecule has 6 heteroatoms. The van der Waals surface area contributed by atoms with Gasteiger partial charge in [-0.3, -0.25) is 4.79 Å². The average Bonchev–Trinajstić information content (AvgIpc) is 2.76. The minimum absolute atomic E-state index is 0.140. The van der Waals surface area contributed by atoms with E-state index in [9.17, 15) is 4.79 Å². The number of nitrogens with zero attached hydrogens (tertiary/aromatic N) is 2. The largest absolute Gasteiger partial charge is 0.399 e. The molecule has 0 spiro atoms. The van der Waals surface area contributed by atoms with Crippen LogP contribution < -0.4 is 11.1 Å². The van der Waals surface area contributed by atoms with Crippen LogP contribution in [0.4, 0.5) is 5.69 Å². The highest BCUT2D eigenvalue weighted by Gasteiger charge is 2.13. The van der Waals surface area contributed by atoms with Gasteiger partial charge in [0.05, 0.1) is 21.9 Å². The maximum atomic E-state index is 12.0. The molecule has 0 radical (unpaired) electrons. The van der Waals surface area contributed by atoms with Gasteiger partial charge in [0, 0.05) is 18.4 Å². The highest BCUT2D eigenvalue weighted by atomic mass is 79.9. The summed E-state index contributed by atoms with van der Waals surface area (Å²) in [6, 6.07) is 5.13. The summed E-state index contributed by atoms with van der Waals surface area (Å²) in [5.41, 5.74) is 7.55. The molecule has 0 saturated heterocycles. The molecule has 3 N–H and O–H groups in total. The van der Waals surface area contributed by atoms with E-state index in [1.807, 2.05) is 6.92 Å². The van der Waals surface area contributed by atoms with Crippen LogP contribution >= 0.6 is 15.9 Å². The first kappa shape index (κ1) is 12.6. The lowest BCUT2D eigenvalue weighted by atomic mass is 10.1. The molecule has 0 unspecified atom stereocenters. The Morgan fingerprint density at radius 2 is 2.33 bits per heavy atom. The highest BCUT2D eigenvalue weighted by molar-refractivity contribution is 9.10. The lowest BCUT2D eigenvalue weighted by molar-refractivity contribution is 0.0955. The number of anilines is 1. The summed E-state index contributed by atoms with van der Waals surface area (Å²) < 4.78 is 2.46. The van der Waals surface area contributed by atoms with Crippen LogP contribution in [0.5, 0.6) is 0 Å². The summed E-state index contributed by atoms with van der Waals surface area (Å²) in [5.74, 6) is -0.140. The van der Waals surface area contributed by atoms with Gasteiger partial charge >= 0.3 is 0 Å². The standard InChI is InChI=1S/C12H13BrN4O/c1-2-15-12(18)10-4-3-9(14)5-11(10)17-7-8(13)6-16-17/h3-7H,2,14H2,1H3,(H,15,18). The number of nitrogens with one attached hydrogen (secondary N) is 1. The van der Waals surface area contributed by atoms with Gasteiger partial charge in [-0.25, -0.2) is 4.68 Å². The molecule has 0 bridgehead atoms. The molecule has 2 aromatic rings. The molecule has 1 aromatic heterocycles. The summed E-state index contributed by atoms with van der Waals surface area (Å²) in [5, 5.41) is 6.93. The maximum absolute atomic E-state index is 12.0. The van der Waals surface area contributed by atoms with Crippen molar-refractivity contribution in [2.24, 2.45) is 0 Å². The number of nitrogens with two attached hydrogens (primary N) is 1. The van der Waals surface area contributed by atoms with Crippen molar-refractivity contribution in [3.05, 3.63) is 40.6 Å². The monoisotopic (exact) mass is 308 g/mol. The van der Waals surface area contributed by atoms with Crippen LogP contribution in [-0.4, -0.2) is 22.2 Å². The third kappa shape index (κ3) is 2.53. The van der Waals surface area contributed by atoms with Crippen molar-refractivity contribution in [1.82, 2.24) is 15.1 Å². The molecule has 0 aliphatic rings. The molecule has 1 amide bonds. The van der Waals surface area contributed by atoms with Gasteiger partial charge in [-0.05, 0) is 41.1 Å². The molecule has 18 heavy (non-hydrogen) atoms. The number of hydrogen-bond donors (Lipinski definition) is 2. The third-order valence-electron chi connectivity index (χ3n) is 2.40. The molecule has 0 fully saturated rings. The minimum Gasteiger partial charge on any atom is -0.399 e. The van der Waals surface area contributed by atoms with Crippen LogP contribution in [0.25, 0.3) is 5.69 Å². The Morgan fingerprint density at radius 1 is 1.56 bits per heavy atom. The second-order valence-corrected chi connectivity index (χ2v) is 4.65. The Hall–Kier alpha value is -1.82. The molecule has 5 nitrogen and oxygen atoms in total. The number of aromatic nitrogens is 2. The van der Waals surface area contributed by atoms with E-state index in [1.54, 1.807) is 35.3 Å². The molecular weight excluding hydrogens is 296 g/mol. The maximum Gasteiger partial charge on any atom is 0.253 e. The fourth-order valence-electron chi connectivity index (χ4n) is 1.62. The van der Waals surface area contributed by atoms with E-state index in [0.29, 0.717) is 23.5 Å². The van der Waals surface area contributed by atoms with E-state index in [2.05, 4.69) is 26.3 Å². The molecular formula is C12H13BrN4O. The van der Waals surface area contributed by atoms with Gasteiger partial charge in [0.1, 0.15) is 0 Å². The van der Waals surface area contributed by atoms with Crippen LogP contribution in [0.15, 0.2) is 35.1 Å².